The summed E-state index contributed by atoms with van der Waals surface area (Å²) in [5.74, 6) is 0.0130. The molecule has 34 heavy (non-hydrogen) atoms. The number of rotatable bonds is 6. The second kappa shape index (κ2) is 10.9. The van der Waals surface area contributed by atoms with E-state index in [0.29, 0.717) is 44.0 Å². The van der Waals surface area contributed by atoms with E-state index in [4.69, 9.17) is 11.6 Å². The van der Waals surface area contributed by atoms with Crippen molar-refractivity contribution in [1.29, 1.82) is 0 Å². The van der Waals surface area contributed by atoms with E-state index in [1.54, 1.807) is 17.0 Å². The minimum Gasteiger partial charge on any atom is -0.355 e. The molecule has 7 nitrogen and oxygen atoms in total. The molecule has 1 aromatic carbocycles. The summed E-state index contributed by atoms with van der Waals surface area (Å²) < 4.78 is 38.4. The summed E-state index contributed by atoms with van der Waals surface area (Å²) in [6.07, 6.45) is -2.64. The zero-order valence-corrected chi connectivity index (χ0v) is 19.6. The maximum absolute atomic E-state index is 12.8. The molecule has 184 valence electrons. The third kappa shape index (κ3) is 6.99. The molecular weight excluding hydrogens is 471 g/mol. The van der Waals surface area contributed by atoms with E-state index in [-0.39, 0.29) is 28.9 Å². The second-order valence-corrected chi connectivity index (χ2v) is 8.86. The first-order valence-corrected chi connectivity index (χ1v) is 11.3. The molecule has 3 rings (SSSR count). The Morgan fingerprint density at radius 1 is 1.18 bits per heavy atom. The molecule has 2 aromatic rings. The first-order valence-electron chi connectivity index (χ1n) is 10.9. The molecule has 1 fully saturated rings. The Morgan fingerprint density at radius 3 is 2.38 bits per heavy atom. The molecule has 0 unspecified atom stereocenters. The smallest absolute Gasteiger partial charge is 0.355 e. The lowest BCUT2D eigenvalue weighted by atomic mass is 9.95. The van der Waals surface area contributed by atoms with Crippen LogP contribution < -0.4 is 20.9 Å². The van der Waals surface area contributed by atoms with Gasteiger partial charge in [-0.2, -0.15) is 13.2 Å². The van der Waals surface area contributed by atoms with Crippen LogP contribution in [0.5, 0.6) is 0 Å². The van der Waals surface area contributed by atoms with Gasteiger partial charge in [0.05, 0.1) is 10.6 Å². The molecule has 11 heteroatoms. The molecule has 0 bridgehead atoms. The number of aromatic nitrogens is 1. The van der Waals surface area contributed by atoms with Gasteiger partial charge in [-0.25, -0.2) is 9.78 Å². The summed E-state index contributed by atoms with van der Waals surface area (Å²) in [6.45, 7) is 5.03. The van der Waals surface area contributed by atoms with Crippen LogP contribution in [0.4, 0.5) is 29.5 Å². The number of amides is 3. The van der Waals surface area contributed by atoms with E-state index in [0.717, 1.165) is 17.8 Å². The van der Waals surface area contributed by atoms with Crippen LogP contribution in [-0.2, 0) is 17.5 Å². The Morgan fingerprint density at radius 2 is 1.82 bits per heavy atom. The first kappa shape index (κ1) is 25.6. The lowest BCUT2D eigenvalue weighted by Gasteiger charge is -2.32. The average molecular weight is 498 g/mol. The van der Waals surface area contributed by atoms with Gasteiger partial charge in [-0.1, -0.05) is 23.7 Å². The Labute approximate surface area is 201 Å². The Hall–Kier alpha value is -3.01. The lowest BCUT2D eigenvalue weighted by Crippen LogP contribution is -2.40. The van der Waals surface area contributed by atoms with Gasteiger partial charge in [0.2, 0.25) is 5.91 Å². The van der Waals surface area contributed by atoms with E-state index >= 15 is 0 Å². The van der Waals surface area contributed by atoms with Crippen molar-refractivity contribution in [3.05, 3.63) is 52.7 Å². The molecule has 0 saturated carbocycles. The van der Waals surface area contributed by atoms with E-state index in [2.05, 4.69) is 20.9 Å². The highest BCUT2D eigenvalue weighted by Crippen LogP contribution is 2.34. The molecular formula is C23H27ClF3N5O2. The molecule has 2 heterocycles. The first-order chi connectivity index (χ1) is 16.0. The monoisotopic (exact) mass is 497 g/mol. The van der Waals surface area contributed by atoms with Gasteiger partial charge >= 0.3 is 12.2 Å². The number of nitrogens with one attached hydrogen (secondary N) is 3. The fourth-order valence-corrected chi connectivity index (χ4v) is 3.93. The molecule has 0 radical (unpaired) electrons. The summed E-state index contributed by atoms with van der Waals surface area (Å²) >= 11 is 6.04. The predicted octanol–water partition coefficient (Wildman–Crippen LogP) is 4.82. The van der Waals surface area contributed by atoms with Gasteiger partial charge in [-0.05, 0) is 50.5 Å². The molecule has 1 aromatic heterocycles. The number of alkyl halides is 3. The summed E-state index contributed by atoms with van der Waals surface area (Å²) in [5, 5.41) is 8.34. The maximum Gasteiger partial charge on any atom is 0.417 e. The van der Waals surface area contributed by atoms with Gasteiger partial charge in [0.25, 0.3) is 0 Å². The minimum atomic E-state index is -4.50. The van der Waals surface area contributed by atoms with Gasteiger partial charge < -0.3 is 20.9 Å². The highest BCUT2D eigenvalue weighted by molar-refractivity contribution is 6.33. The summed E-state index contributed by atoms with van der Waals surface area (Å²) in [5.41, 5.74) is 0.649. The van der Waals surface area contributed by atoms with Crippen LogP contribution in [-0.4, -0.2) is 36.1 Å². The number of halogens is 4. The topological polar surface area (TPSA) is 86.4 Å². The number of hydrogen-bond donors (Lipinski definition) is 3. The number of piperidine rings is 1. The standard InChI is InChI=1S/C23H27ClF3N5O2/c1-14(2)30-22(34)31-18-5-3-15(4-6-18)12-29-21(33)16-7-9-32(10-8-16)20-19(24)11-17(13-28-20)23(25,26)27/h3-6,11,13-14,16H,7-10,12H2,1-2H3,(H,29,33)(H2,30,31,34). The van der Waals surface area contributed by atoms with Gasteiger partial charge in [-0.15, -0.1) is 0 Å². The minimum absolute atomic E-state index is 0.0320. The van der Waals surface area contributed by atoms with Crippen LogP contribution in [0, 0.1) is 5.92 Å². The summed E-state index contributed by atoms with van der Waals surface area (Å²) in [4.78, 5) is 30.0. The Kier molecular flexibility index (Phi) is 8.24. The van der Waals surface area contributed by atoms with Crippen LogP contribution in [0.3, 0.4) is 0 Å². The van der Waals surface area contributed by atoms with Crippen LogP contribution in [0.1, 0.15) is 37.8 Å². The predicted molar refractivity (Wildman–Crippen MR) is 125 cm³/mol. The van der Waals surface area contributed by atoms with Crippen LogP contribution >= 0.6 is 11.6 Å². The average Bonchev–Trinajstić information content (AvgIpc) is 2.77. The largest absolute Gasteiger partial charge is 0.417 e. The number of carbonyl (C=O) groups excluding carboxylic acids is 2. The van der Waals surface area contributed by atoms with E-state index in [1.807, 2.05) is 26.0 Å². The molecule has 0 spiro atoms. The second-order valence-electron chi connectivity index (χ2n) is 8.46. The van der Waals surface area contributed by atoms with Crippen LogP contribution in [0.2, 0.25) is 5.02 Å². The lowest BCUT2D eigenvalue weighted by molar-refractivity contribution is -0.137. The molecule has 1 aliphatic heterocycles. The van der Waals surface area contributed by atoms with Gasteiger partial charge in [0.1, 0.15) is 5.82 Å². The number of hydrogen-bond acceptors (Lipinski definition) is 4. The molecule has 1 aliphatic rings. The maximum atomic E-state index is 12.8. The zero-order chi connectivity index (χ0) is 24.9. The fourth-order valence-electron chi connectivity index (χ4n) is 3.64. The Balaban J connectivity index is 1.46. The number of nitrogens with zero attached hydrogens (tertiary/aromatic N) is 2. The van der Waals surface area contributed by atoms with Crippen molar-refractivity contribution in [3.63, 3.8) is 0 Å². The molecule has 0 aliphatic carbocycles. The summed E-state index contributed by atoms with van der Waals surface area (Å²) in [6, 6.07) is 7.81. The van der Waals surface area contributed by atoms with E-state index in [9.17, 15) is 22.8 Å². The van der Waals surface area contributed by atoms with Crippen molar-refractivity contribution < 1.29 is 22.8 Å². The number of benzene rings is 1. The number of urea groups is 1. The van der Waals surface area contributed by atoms with Crippen molar-refractivity contribution >= 4 is 35.0 Å². The zero-order valence-electron chi connectivity index (χ0n) is 18.9. The number of carbonyl (C=O) groups is 2. The number of pyridine rings is 1. The third-order valence-corrected chi connectivity index (χ3v) is 5.69. The third-order valence-electron chi connectivity index (χ3n) is 5.41. The number of anilines is 2. The Bertz CT molecular complexity index is 1010. The van der Waals surface area contributed by atoms with E-state index in [1.165, 1.54) is 0 Å². The van der Waals surface area contributed by atoms with Crippen LogP contribution in [0.25, 0.3) is 0 Å². The fraction of sp³-hybridized carbons (Fsp3) is 0.435. The van der Waals surface area contributed by atoms with Gasteiger partial charge in [0, 0.05) is 43.5 Å². The summed E-state index contributed by atoms with van der Waals surface area (Å²) in [7, 11) is 0. The molecule has 3 N–H and O–H groups in total. The molecule has 3 amide bonds. The SMILES string of the molecule is CC(C)NC(=O)Nc1ccc(CNC(=O)C2CCN(c3ncc(C(F)(F)F)cc3Cl)CC2)cc1. The van der Waals surface area contributed by atoms with Crippen LogP contribution in [0.15, 0.2) is 36.5 Å². The highest BCUT2D eigenvalue weighted by atomic mass is 35.5. The van der Waals surface area contributed by atoms with Crippen molar-refractivity contribution in [2.75, 3.05) is 23.3 Å². The van der Waals surface area contributed by atoms with E-state index < -0.39 is 11.7 Å². The van der Waals surface area contributed by atoms with Gasteiger partial charge in [0.15, 0.2) is 0 Å². The van der Waals surface area contributed by atoms with Crippen molar-refractivity contribution in [2.24, 2.45) is 5.92 Å². The van der Waals surface area contributed by atoms with Crippen molar-refractivity contribution in [2.45, 2.75) is 45.5 Å². The normalized spacial score (nSPS) is 14.7. The van der Waals surface area contributed by atoms with Crippen molar-refractivity contribution in [3.8, 4) is 0 Å². The quantitative estimate of drug-likeness (QED) is 0.534. The molecule has 0 atom stereocenters. The van der Waals surface area contributed by atoms with Crippen molar-refractivity contribution in [1.82, 2.24) is 15.6 Å². The molecule has 1 saturated heterocycles. The highest BCUT2D eigenvalue weighted by Gasteiger charge is 2.33. The van der Waals surface area contributed by atoms with Gasteiger partial charge in [-0.3, -0.25) is 4.79 Å².